The minimum absolute atomic E-state index is 0.0864. The van der Waals surface area contributed by atoms with E-state index in [-0.39, 0.29) is 11.7 Å². The van der Waals surface area contributed by atoms with Crippen LogP contribution in [0, 0.1) is 5.92 Å². The Labute approximate surface area is 123 Å². The summed E-state index contributed by atoms with van der Waals surface area (Å²) in [6, 6.07) is 15.4. The molecular formula is C17H15ClO2. The fraction of sp³-hybridized carbons (Fsp3) is 0.235. The molecule has 0 heterocycles. The molecular weight excluding hydrogens is 272 g/mol. The SMILES string of the molecule is COc1cc(C(=O)C2CC2c2ccccc2)ccc1Cl. The average Bonchev–Trinajstić information content (AvgIpc) is 3.28. The van der Waals surface area contributed by atoms with Crippen LogP contribution < -0.4 is 4.74 Å². The van der Waals surface area contributed by atoms with E-state index in [0.717, 1.165) is 6.42 Å². The second kappa shape index (κ2) is 5.29. The fourth-order valence-electron chi connectivity index (χ4n) is 2.58. The summed E-state index contributed by atoms with van der Waals surface area (Å²) >= 11 is 5.98. The topological polar surface area (TPSA) is 26.3 Å². The van der Waals surface area contributed by atoms with Crippen molar-refractivity contribution in [2.24, 2.45) is 5.92 Å². The molecule has 2 nitrogen and oxygen atoms in total. The lowest BCUT2D eigenvalue weighted by Gasteiger charge is -2.06. The maximum atomic E-state index is 12.5. The van der Waals surface area contributed by atoms with Crippen molar-refractivity contribution in [3.05, 3.63) is 64.7 Å². The molecule has 0 radical (unpaired) electrons. The normalized spacial score (nSPS) is 20.5. The number of halogens is 1. The van der Waals surface area contributed by atoms with Crippen LogP contribution in [-0.4, -0.2) is 12.9 Å². The molecule has 0 amide bonds. The van der Waals surface area contributed by atoms with Crippen molar-refractivity contribution in [2.75, 3.05) is 7.11 Å². The number of hydrogen-bond donors (Lipinski definition) is 0. The minimum Gasteiger partial charge on any atom is -0.495 e. The number of hydrogen-bond acceptors (Lipinski definition) is 2. The molecule has 1 aliphatic rings. The fourth-order valence-corrected chi connectivity index (χ4v) is 2.78. The summed E-state index contributed by atoms with van der Waals surface area (Å²) in [4.78, 5) is 12.5. The molecule has 0 aliphatic heterocycles. The molecule has 102 valence electrons. The van der Waals surface area contributed by atoms with E-state index in [9.17, 15) is 4.79 Å². The van der Waals surface area contributed by atoms with E-state index in [4.69, 9.17) is 16.3 Å². The van der Waals surface area contributed by atoms with Crippen LogP contribution in [0.3, 0.4) is 0 Å². The number of carbonyl (C=O) groups is 1. The van der Waals surface area contributed by atoms with Crippen LogP contribution in [0.2, 0.25) is 5.02 Å². The second-order valence-electron chi connectivity index (χ2n) is 5.07. The Balaban J connectivity index is 1.78. The molecule has 2 aromatic rings. The molecule has 2 aromatic carbocycles. The van der Waals surface area contributed by atoms with Crippen LogP contribution in [0.4, 0.5) is 0 Å². The lowest BCUT2D eigenvalue weighted by atomic mass is 10.0. The van der Waals surface area contributed by atoms with Gasteiger partial charge in [0, 0.05) is 11.5 Å². The predicted octanol–water partition coefficient (Wildman–Crippen LogP) is 4.34. The standard InChI is InChI=1S/C17H15ClO2/c1-20-16-9-12(7-8-15(16)18)17(19)14-10-13(14)11-5-3-2-4-6-11/h2-9,13-14H,10H2,1H3. The van der Waals surface area contributed by atoms with Gasteiger partial charge < -0.3 is 4.74 Å². The zero-order valence-corrected chi connectivity index (χ0v) is 11.9. The first-order valence-corrected chi connectivity index (χ1v) is 7.01. The van der Waals surface area contributed by atoms with Crippen molar-refractivity contribution in [2.45, 2.75) is 12.3 Å². The summed E-state index contributed by atoms with van der Waals surface area (Å²) < 4.78 is 5.16. The number of methoxy groups -OCH3 is 1. The minimum atomic E-state index is 0.0864. The third kappa shape index (κ3) is 2.44. The van der Waals surface area contributed by atoms with Crippen LogP contribution in [0.15, 0.2) is 48.5 Å². The van der Waals surface area contributed by atoms with E-state index in [1.807, 2.05) is 18.2 Å². The van der Waals surface area contributed by atoms with Gasteiger partial charge in [0.1, 0.15) is 5.75 Å². The first-order valence-electron chi connectivity index (χ1n) is 6.63. The number of rotatable bonds is 4. The van der Waals surface area contributed by atoms with Gasteiger partial charge in [-0.05, 0) is 36.1 Å². The highest BCUT2D eigenvalue weighted by molar-refractivity contribution is 6.32. The summed E-state index contributed by atoms with van der Waals surface area (Å²) in [5.74, 6) is 1.16. The average molecular weight is 287 g/mol. The zero-order chi connectivity index (χ0) is 14.1. The van der Waals surface area contributed by atoms with Crippen LogP contribution in [-0.2, 0) is 0 Å². The number of carbonyl (C=O) groups excluding carboxylic acids is 1. The summed E-state index contributed by atoms with van der Waals surface area (Å²) in [5.41, 5.74) is 1.92. The molecule has 1 fully saturated rings. The molecule has 3 rings (SSSR count). The molecule has 3 heteroatoms. The molecule has 1 aliphatic carbocycles. The highest BCUT2D eigenvalue weighted by Gasteiger charge is 2.43. The lowest BCUT2D eigenvalue weighted by molar-refractivity contribution is 0.0965. The van der Waals surface area contributed by atoms with E-state index < -0.39 is 0 Å². The molecule has 2 atom stereocenters. The molecule has 20 heavy (non-hydrogen) atoms. The Morgan fingerprint density at radius 2 is 1.95 bits per heavy atom. The first kappa shape index (κ1) is 13.2. The van der Waals surface area contributed by atoms with Crippen molar-refractivity contribution in [1.29, 1.82) is 0 Å². The van der Waals surface area contributed by atoms with E-state index >= 15 is 0 Å². The van der Waals surface area contributed by atoms with Gasteiger partial charge in [0.25, 0.3) is 0 Å². The van der Waals surface area contributed by atoms with Crippen LogP contribution >= 0.6 is 11.6 Å². The van der Waals surface area contributed by atoms with E-state index in [0.29, 0.717) is 22.3 Å². The third-order valence-electron chi connectivity index (χ3n) is 3.79. The quantitative estimate of drug-likeness (QED) is 0.782. The van der Waals surface area contributed by atoms with E-state index in [2.05, 4.69) is 12.1 Å². The number of Topliss-reactive ketones (excluding diaryl/α,β-unsaturated/α-hetero) is 1. The van der Waals surface area contributed by atoms with Crippen LogP contribution in [0.5, 0.6) is 5.75 Å². The van der Waals surface area contributed by atoms with E-state index in [1.54, 1.807) is 25.3 Å². The van der Waals surface area contributed by atoms with Gasteiger partial charge in [0.15, 0.2) is 5.78 Å². The monoisotopic (exact) mass is 286 g/mol. The van der Waals surface area contributed by atoms with Crippen molar-refractivity contribution < 1.29 is 9.53 Å². The second-order valence-corrected chi connectivity index (χ2v) is 5.48. The van der Waals surface area contributed by atoms with Crippen molar-refractivity contribution in [1.82, 2.24) is 0 Å². The summed E-state index contributed by atoms with van der Waals surface area (Å²) in [6.07, 6.45) is 0.924. The van der Waals surface area contributed by atoms with Crippen LogP contribution in [0.1, 0.15) is 28.3 Å². The largest absolute Gasteiger partial charge is 0.495 e. The third-order valence-corrected chi connectivity index (χ3v) is 4.10. The summed E-state index contributed by atoms with van der Waals surface area (Å²) in [5, 5.41) is 0.527. The van der Waals surface area contributed by atoms with Crippen molar-refractivity contribution in [3.63, 3.8) is 0 Å². The van der Waals surface area contributed by atoms with Gasteiger partial charge in [-0.3, -0.25) is 4.79 Å². The van der Waals surface area contributed by atoms with Gasteiger partial charge in [0.05, 0.1) is 12.1 Å². The Morgan fingerprint density at radius 3 is 2.65 bits per heavy atom. The Bertz CT molecular complexity index is 637. The number of ketones is 1. The van der Waals surface area contributed by atoms with Crippen molar-refractivity contribution >= 4 is 17.4 Å². The van der Waals surface area contributed by atoms with E-state index in [1.165, 1.54) is 5.56 Å². The van der Waals surface area contributed by atoms with Gasteiger partial charge in [-0.15, -0.1) is 0 Å². The van der Waals surface area contributed by atoms with Gasteiger partial charge in [0.2, 0.25) is 0 Å². The van der Waals surface area contributed by atoms with Gasteiger partial charge in [-0.2, -0.15) is 0 Å². The van der Waals surface area contributed by atoms with Gasteiger partial charge in [-0.25, -0.2) is 0 Å². The molecule has 2 unspecified atom stereocenters. The maximum Gasteiger partial charge on any atom is 0.166 e. The number of benzene rings is 2. The molecule has 1 saturated carbocycles. The smallest absolute Gasteiger partial charge is 0.166 e. The molecule has 0 saturated heterocycles. The number of ether oxygens (including phenoxy) is 1. The van der Waals surface area contributed by atoms with Crippen molar-refractivity contribution in [3.8, 4) is 5.75 Å². The van der Waals surface area contributed by atoms with Crippen LogP contribution in [0.25, 0.3) is 0 Å². The zero-order valence-electron chi connectivity index (χ0n) is 11.2. The Morgan fingerprint density at radius 1 is 1.20 bits per heavy atom. The lowest BCUT2D eigenvalue weighted by Crippen LogP contribution is -2.03. The summed E-state index contributed by atoms with van der Waals surface area (Å²) in [7, 11) is 1.55. The summed E-state index contributed by atoms with van der Waals surface area (Å²) in [6.45, 7) is 0. The first-order chi connectivity index (χ1) is 9.70. The van der Waals surface area contributed by atoms with Gasteiger partial charge >= 0.3 is 0 Å². The Hall–Kier alpha value is -1.80. The molecule has 0 bridgehead atoms. The maximum absolute atomic E-state index is 12.5. The highest BCUT2D eigenvalue weighted by atomic mass is 35.5. The molecule has 0 aromatic heterocycles. The highest BCUT2D eigenvalue weighted by Crippen LogP contribution is 2.49. The molecule has 0 spiro atoms. The Kier molecular flexibility index (Phi) is 3.49. The van der Waals surface area contributed by atoms with Gasteiger partial charge in [-0.1, -0.05) is 41.9 Å². The molecule has 0 N–H and O–H groups in total. The predicted molar refractivity (Wildman–Crippen MR) is 79.6 cm³/mol.